The zero-order valence-corrected chi connectivity index (χ0v) is 22.4. The molecule has 2 aromatic rings. The molecule has 6 nitrogen and oxygen atoms in total. The normalized spacial score (nSPS) is 29.1. The standard InChI is InChI=1S/C31H42N2O4/c1-31(2,23-3-13-29-21(15-23)17-32(19-36-29)25-5-9-27(34)10-6-25)24-4-14-30-22(16-24)18-33(20-37-30)26-7-11-28(35)12-8-26/h3-4,13-16,25-28,34-35H,5-12,17-20H2,1-2H3. The lowest BCUT2D eigenvalue weighted by Crippen LogP contribution is -2.43. The Morgan fingerprint density at radius 3 is 1.46 bits per heavy atom. The van der Waals surface area contributed by atoms with Gasteiger partial charge < -0.3 is 19.7 Å². The molecule has 200 valence electrons. The molecule has 0 spiro atoms. The lowest BCUT2D eigenvalue weighted by Gasteiger charge is -2.39. The Bertz CT molecular complexity index is 1020. The third-order valence-electron chi connectivity index (χ3n) is 9.45. The van der Waals surface area contributed by atoms with Crippen molar-refractivity contribution in [2.45, 2.75) is 108 Å². The molecule has 2 fully saturated rings. The molecule has 2 aliphatic heterocycles. The molecular formula is C31H42N2O4. The highest BCUT2D eigenvalue weighted by Gasteiger charge is 2.32. The van der Waals surface area contributed by atoms with Crippen LogP contribution in [-0.2, 0) is 18.5 Å². The summed E-state index contributed by atoms with van der Waals surface area (Å²) in [5.41, 5.74) is 4.96. The van der Waals surface area contributed by atoms with Crippen molar-refractivity contribution in [3.8, 4) is 11.5 Å². The summed E-state index contributed by atoms with van der Waals surface area (Å²) in [7, 11) is 0. The van der Waals surface area contributed by atoms with Crippen LogP contribution in [0, 0.1) is 0 Å². The Morgan fingerprint density at radius 2 is 1.05 bits per heavy atom. The van der Waals surface area contributed by atoms with Gasteiger partial charge in [-0.25, -0.2) is 0 Å². The largest absolute Gasteiger partial charge is 0.478 e. The summed E-state index contributed by atoms with van der Waals surface area (Å²) in [6.07, 6.45) is 7.47. The Kier molecular flexibility index (Phi) is 6.95. The number of aliphatic hydroxyl groups is 2. The summed E-state index contributed by atoms with van der Waals surface area (Å²) in [6, 6.07) is 14.4. The van der Waals surface area contributed by atoms with E-state index in [1.165, 1.54) is 22.3 Å². The molecule has 6 rings (SSSR count). The third kappa shape index (κ3) is 5.14. The molecule has 0 saturated heterocycles. The van der Waals surface area contributed by atoms with Crippen LogP contribution in [0.2, 0.25) is 0 Å². The summed E-state index contributed by atoms with van der Waals surface area (Å²) < 4.78 is 12.3. The maximum Gasteiger partial charge on any atom is 0.142 e. The van der Waals surface area contributed by atoms with Gasteiger partial charge in [-0.3, -0.25) is 9.80 Å². The molecular weight excluding hydrogens is 464 g/mol. The SMILES string of the molecule is CC(C)(c1ccc2c(c1)CN(C1CCC(O)CC1)CO2)c1ccc2c(c1)CN(C1CCC(O)CC1)CO2. The Hall–Kier alpha value is -2.12. The van der Waals surface area contributed by atoms with E-state index in [9.17, 15) is 10.2 Å². The number of aliphatic hydroxyl groups excluding tert-OH is 2. The maximum atomic E-state index is 9.91. The van der Waals surface area contributed by atoms with Crippen LogP contribution in [0.1, 0.15) is 87.5 Å². The number of rotatable bonds is 4. The van der Waals surface area contributed by atoms with Gasteiger partial charge in [0.15, 0.2) is 0 Å². The van der Waals surface area contributed by atoms with Crippen LogP contribution in [0.3, 0.4) is 0 Å². The maximum absolute atomic E-state index is 9.91. The van der Waals surface area contributed by atoms with E-state index < -0.39 is 0 Å². The smallest absolute Gasteiger partial charge is 0.142 e. The molecule has 2 saturated carbocycles. The quantitative estimate of drug-likeness (QED) is 0.614. The average molecular weight is 507 g/mol. The minimum absolute atomic E-state index is 0.133. The average Bonchev–Trinajstić information content (AvgIpc) is 2.92. The van der Waals surface area contributed by atoms with E-state index in [-0.39, 0.29) is 17.6 Å². The number of ether oxygens (including phenoxy) is 2. The Balaban J connectivity index is 1.19. The summed E-state index contributed by atoms with van der Waals surface area (Å²) >= 11 is 0. The first-order chi connectivity index (χ1) is 17.9. The molecule has 0 unspecified atom stereocenters. The fraction of sp³-hybridized carbons (Fsp3) is 0.613. The van der Waals surface area contributed by atoms with Crippen molar-refractivity contribution in [3.63, 3.8) is 0 Å². The van der Waals surface area contributed by atoms with Gasteiger partial charge in [0.25, 0.3) is 0 Å². The summed E-state index contributed by atoms with van der Waals surface area (Å²) in [4.78, 5) is 4.89. The van der Waals surface area contributed by atoms with Crippen LogP contribution in [0.25, 0.3) is 0 Å². The van der Waals surface area contributed by atoms with Crippen molar-refractivity contribution >= 4 is 0 Å². The van der Waals surface area contributed by atoms with E-state index in [0.29, 0.717) is 25.5 Å². The topological polar surface area (TPSA) is 65.4 Å². The zero-order valence-electron chi connectivity index (χ0n) is 22.4. The second kappa shape index (κ2) is 10.2. The lowest BCUT2D eigenvalue weighted by molar-refractivity contribution is 0.0159. The third-order valence-corrected chi connectivity index (χ3v) is 9.45. The first kappa shape index (κ1) is 25.2. The molecule has 0 aromatic heterocycles. The van der Waals surface area contributed by atoms with Gasteiger partial charge in [-0.05, 0) is 86.8 Å². The lowest BCUT2D eigenvalue weighted by atomic mass is 9.77. The van der Waals surface area contributed by atoms with Gasteiger partial charge in [0.05, 0.1) is 12.2 Å². The first-order valence-electron chi connectivity index (χ1n) is 14.2. The van der Waals surface area contributed by atoms with Gasteiger partial charge >= 0.3 is 0 Å². The second-order valence-electron chi connectivity index (χ2n) is 12.2. The fourth-order valence-electron chi connectivity index (χ4n) is 6.78. The molecule has 0 bridgehead atoms. The van der Waals surface area contributed by atoms with Gasteiger partial charge in [-0.2, -0.15) is 0 Å². The van der Waals surface area contributed by atoms with E-state index in [1.807, 2.05) is 0 Å². The number of hydrogen-bond donors (Lipinski definition) is 2. The number of nitrogens with zero attached hydrogens (tertiary/aromatic N) is 2. The van der Waals surface area contributed by atoms with Crippen LogP contribution < -0.4 is 9.47 Å². The van der Waals surface area contributed by atoms with Crippen LogP contribution in [-0.4, -0.2) is 57.8 Å². The van der Waals surface area contributed by atoms with Crippen molar-refractivity contribution in [1.82, 2.24) is 9.80 Å². The van der Waals surface area contributed by atoms with Crippen molar-refractivity contribution < 1.29 is 19.7 Å². The minimum atomic E-state index is -0.154. The van der Waals surface area contributed by atoms with Crippen molar-refractivity contribution in [1.29, 1.82) is 0 Å². The fourth-order valence-corrected chi connectivity index (χ4v) is 6.78. The highest BCUT2D eigenvalue weighted by molar-refractivity contribution is 5.48. The molecule has 2 aromatic carbocycles. The number of benzene rings is 2. The zero-order chi connectivity index (χ0) is 25.6. The summed E-state index contributed by atoms with van der Waals surface area (Å²) in [5, 5.41) is 19.8. The van der Waals surface area contributed by atoms with Crippen molar-refractivity contribution in [2.75, 3.05) is 13.5 Å². The second-order valence-corrected chi connectivity index (χ2v) is 12.2. The molecule has 37 heavy (non-hydrogen) atoms. The van der Waals surface area contributed by atoms with Crippen molar-refractivity contribution in [2.24, 2.45) is 0 Å². The molecule has 2 aliphatic carbocycles. The summed E-state index contributed by atoms with van der Waals surface area (Å²) in [6.45, 7) is 7.70. The van der Waals surface area contributed by atoms with Gasteiger partial charge in [0.1, 0.15) is 25.0 Å². The van der Waals surface area contributed by atoms with Crippen LogP contribution in [0.15, 0.2) is 36.4 Å². The van der Waals surface area contributed by atoms with Gasteiger partial charge in [-0.15, -0.1) is 0 Å². The van der Waals surface area contributed by atoms with Crippen LogP contribution in [0.5, 0.6) is 11.5 Å². The van der Waals surface area contributed by atoms with Crippen LogP contribution in [0.4, 0.5) is 0 Å². The Labute approximate surface area is 221 Å². The highest BCUT2D eigenvalue weighted by Crippen LogP contribution is 2.39. The monoisotopic (exact) mass is 506 g/mol. The number of fused-ring (bicyclic) bond motifs is 2. The molecule has 2 heterocycles. The first-order valence-corrected chi connectivity index (χ1v) is 14.2. The van der Waals surface area contributed by atoms with E-state index in [2.05, 4.69) is 60.0 Å². The van der Waals surface area contributed by atoms with Gasteiger partial charge in [-0.1, -0.05) is 26.0 Å². The van der Waals surface area contributed by atoms with E-state index >= 15 is 0 Å². The molecule has 0 atom stereocenters. The predicted octanol–water partition coefficient (Wildman–Crippen LogP) is 4.92. The predicted molar refractivity (Wildman–Crippen MR) is 144 cm³/mol. The van der Waals surface area contributed by atoms with E-state index in [1.54, 1.807) is 0 Å². The van der Waals surface area contributed by atoms with E-state index in [0.717, 1.165) is 76.0 Å². The molecule has 6 heteroatoms. The van der Waals surface area contributed by atoms with Gasteiger partial charge in [0, 0.05) is 41.7 Å². The number of hydrogen-bond acceptors (Lipinski definition) is 6. The van der Waals surface area contributed by atoms with Crippen molar-refractivity contribution in [3.05, 3.63) is 58.7 Å². The summed E-state index contributed by atoms with van der Waals surface area (Å²) in [5.74, 6) is 2.00. The van der Waals surface area contributed by atoms with E-state index in [4.69, 9.17) is 9.47 Å². The molecule has 2 N–H and O–H groups in total. The van der Waals surface area contributed by atoms with Gasteiger partial charge in [0.2, 0.25) is 0 Å². The molecule has 0 amide bonds. The minimum Gasteiger partial charge on any atom is -0.478 e. The molecule has 4 aliphatic rings. The molecule has 0 radical (unpaired) electrons. The highest BCUT2D eigenvalue weighted by atomic mass is 16.5. The van der Waals surface area contributed by atoms with Crippen LogP contribution >= 0.6 is 0 Å². The Morgan fingerprint density at radius 1 is 0.649 bits per heavy atom.